The number of hydrogen-bond acceptors (Lipinski definition) is 3. The van der Waals surface area contributed by atoms with Gasteiger partial charge in [0.05, 0.1) is 0 Å². The molecule has 0 aliphatic rings. The molecule has 0 saturated heterocycles. The molecule has 0 atom stereocenters. The highest BCUT2D eigenvalue weighted by Gasteiger charge is 1.96. The second-order valence-corrected chi connectivity index (χ2v) is 3.26. The van der Waals surface area contributed by atoms with Gasteiger partial charge >= 0.3 is 5.30 Å². The van der Waals surface area contributed by atoms with Crippen molar-refractivity contribution in [2.24, 2.45) is 0 Å². The number of carbonyl (C=O) groups is 1. The molecule has 0 aliphatic carbocycles. The predicted octanol–water partition coefficient (Wildman–Crippen LogP) is 1.94. The van der Waals surface area contributed by atoms with Gasteiger partial charge in [-0.1, -0.05) is 17.7 Å². The van der Waals surface area contributed by atoms with Crippen molar-refractivity contribution in [3.8, 4) is 0 Å². The van der Waals surface area contributed by atoms with Gasteiger partial charge in [-0.2, -0.15) is 0 Å². The molecule has 41 valence electrons. The van der Waals surface area contributed by atoms with Crippen molar-refractivity contribution in [2.75, 3.05) is 5.75 Å². The number of hydrogen-bond donors (Lipinski definition) is 0. The van der Waals surface area contributed by atoms with E-state index in [4.69, 9.17) is 0 Å². The summed E-state index contributed by atoms with van der Waals surface area (Å²) in [5.74, 6) is 0.804. The molecule has 0 amide bonds. The summed E-state index contributed by atoms with van der Waals surface area (Å²) < 4.78 is 0. The molecule has 2 nitrogen and oxygen atoms in total. The van der Waals surface area contributed by atoms with Gasteiger partial charge in [0.2, 0.25) is 0 Å². The zero-order valence-corrected chi connectivity index (χ0v) is 5.47. The Kier molecular flexibility index (Phi) is 4.44. The Hall–Kier alpha value is 0.170. The van der Waals surface area contributed by atoms with Gasteiger partial charge in [-0.05, 0) is 0 Å². The predicted molar refractivity (Wildman–Crippen MR) is 31.8 cm³/mol. The van der Waals surface area contributed by atoms with Crippen LogP contribution in [0, 0.1) is 0 Å². The Morgan fingerprint density at radius 2 is 2.29 bits per heavy atom. The number of carbonyl (C=O) groups excluding carboxylic acids is 1. The van der Waals surface area contributed by atoms with E-state index in [1.807, 2.05) is 6.92 Å². The normalized spacial score (nSPS) is 8.71. The molecular weight excluding hydrogens is 132 g/mol. The van der Waals surface area contributed by atoms with E-state index in [0.717, 1.165) is 16.5 Å². The molecule has 0 heterocycles. The summed E-state index contributed by atoms with van der Waals surface area (Å²) >= 11 is 0. The Bertz CT molecular complexity index is 64.0. The van der Waals surface area contributed by atoms with Crippen LogP contribution >= 0.6 is 21.6 Å². The van der Waals surface area contributed by atoms with Gasteiger partial charge in [0.25, 0.3) is 0 Å². The van der Waals surface area contributed by atoms with E-state index in [2.05, 4.69) is 0 Å². The van der Waals surface area contributed by atoms with E-state index >= 15 is 0 Å². The van der Waals surface area contributed by atoms with Crippen molar-refractivity contribution in [2.45, 2.75) is 6.92 Å². The van der Waals surface area contributed by atoms with Crippen molar-refractivity contribution in [3.63, 3.8) is 0 Å². The van der Waals surface area contributed by atoms with Gasteiger partial charge in [-0.25, -0.2) is 9.90 Å². The van der Waals surface area contributed by atoms with E-state index in [0.29, 0.717) is 0 Å². The summed E-state index contributed by atoms with van der Waals surface area (Å²) in [7, 11) is 2.02. The maximum Gasteiger partial charge on any atom is 0.424 e. The van der Waals surface area contributed by atoms with Gasteiger partial charge < -0.3 is 0 Å². The second kappa shape index (κ2) is 4.33. The summed E-state index contributed by atoms with van der Waals surface area (Å²) in [4.78, 5) is 9.59. The van der Waals surface area contributed by atoms with Gasteiger partial charge in [0.1, 0.15) is 0 Å². The van der Waals surface area contributed by atoms with Gasteiger partial charge in [0, 0.05) is 16.5 Å². The van der Waals surface area contributed by atoms with E-state index in [-0.39, 0.29) is 0 Å². The van der Waals surface area contributed by atoms with E-state index in [1.165, 1.54) is 10.8 Å². The summed E-state index contributed by atoms with van der Waals surface area (Å²) in [6.07, 6.45) is 0. The minimum absolute atomic E-state index is 0.753. The minimum Gasteiger partial charge on any atom is -0.233 e. The van der Waals surface area contributed by atoms with Crippen LogP contribution in [0.25, 0.3) is 0 Å². The molecule has 0 aliphatic heterocycles. The van der Waals surface area contributed by atoms with Crippen LogP contribution in [0.5, 0.6) is 0 Å². The molecule has 0 aromatic rings. The first-order valence-electron chi connectivity index (χ1n) is 1.77. The lowest BCUT2D eigenvalue weighted by atomic mass is 11.0. The van der Waals surface area contributed by atoms with Crippen LogP contribution in [0.15, 0.2) is 0 Å². The van der Waals surface area contributed by atoms with E-state index in [1.54, 1.807) is 0 Å². The molecule has 0 rings (SSSR count). The zero-order chi connectivity index (χ0) is 5.70. The lowest BCUT2D eigenvalue weighted by Crippen LogP contribution is -1.73. The molecule has 7 heavy (non-hydrogen) atoms. The van der Waals surface area contributed by atoms with Crippen molar-refractivity contribution < 1.29 is 9.90 Å². The molecule has 1 radical (unpaired) electrons. The molecule has 0 N–H and O–H groups in total. The maximum absolute atomic E-state index is 9.59. The third kappa shape index (κ3) is 6.17. The Morgan fingerprint density at radius 1 is 1.71 bits per heavy atom. The average Bonchev–Trinajstić information content (AvgIpc) is 1.61. The molecule has 0 aromatic heterocycles. The fourth-order valence-corrected chi connectivity index (χ4v) is 0.963. The standard InChI is InChI=1S/C3H5O2S2/c1-2-6-7-3(4)5/h2H2,1H3. The monoisotopic (exact) mass is 137 g/mol. The Morgan fingerprint density at radius 3 is 2.43 bits per heavy atom. The highest BCUT2D eigenvalue weighted by molar-refractivity contribution is 8.82. The highest BCUT2D eigenvalue weighted by atomic mass is 33.1. The van der Waals surface area contributed by atoms with Crippen molar-refractivity contribution in [3.05, 3.63) is 0 Å². The van der Waals surface area contributed by atoms with Crippen LogP contribution in [-0.4, -0.2) is 11.1 Å². The zero-order valence-electron chi connectivity index (χ0n) is 3.84. The molecular formula is C3H5O2S2. The lowest BCUT2D eigenvalue weighted by Gasteiger charge is -1.82. The van der Waals surface area contributed by atoms with Crippen molar-refractivity contribution >= 4 is 26.9 Å². The Labute approximate surface area is 50.1 Å². The van der Waals surface area contributed by atoms with Crippen LogP contribution in [-0.2, 0) is 5.11 Å². The first-order valence-corrected chi connectivity index (χ1v) is 4.09. The molecule has 0 unspecified atom stereocenters. The number of rotatable bonds is 2. The van der Waals surface area contributed by atoms with Crippen LogP contribution in [0.3, 0.4) is 0 Å². The molecule has 0 bridgehead atoms. The van der Waals surface area contributed by atoms with Crippen LogP contribution in [0.4, 0.5) is 4.79 Å². The van der Waals surface area contributed by atoms with Crippen LogP contribution in [0.1, 0.15) is 6.92 Å². The van der Waals surface area contributed by atoms with Crippen molar-refractivity contribution in [1.29, 1.82) is 0 Å². The third-order valence-corrected chi connectivity index (χ3v) is 2.20. The summed E-state index contributed by atoms with van der Waals surface area (Å²) in [5.41, 5.74) is 0. The topological polar surface area (TPSA) is 37.0 Å². The van der Waals surface area contributed by atoms with Crippen LogP contribution < -0.4 is 0 Å². The first-order chi connectivity index (χ1) is 3.27. The SMILES string of the molecule is CCSSC([O])=O. The van der Waals surface area contributed by atoms with Gasteiger partial charge in [0.15, 0.2) is 0 Å². The minimum atomic E-state index is -1.06. The van der Waals surface area contributed by atoms with E-state index < -0.39 is 5.30 Å². The fraction of sp³-hybridized carbons (Fsp3) is 0.667. The molecule has 0 spiro atoms. The maximum atomic E-state index is 9.59. The third-order valence-electron chi connectivity index (χ3n) is 0.245. The van der Waals surface area contributed by atoms with Gasteiger partial charge in [-0.3, -0.25) is 0 Å². The lowest BCUT2D eigenvalue weighted by molar-refractivity contribution is 0.199. The quantitative estimate of drug-likeness (QED) is 0.546. The molecule has 0 fully saturated rings. The van der Waals surface area contributed by atoms with E-state index in [9.17, 15) is 9.90 Å². The second-order valence-electron chi connectivity index (χ2n) is 0.740. The molecule has 0 saturated carbocycles. The largest absolute Gasteiger partial charge is 0.424 e. The molecule has 0 aromatic carbocycles. The summed E-state index contributed by atoms with van der Waals surface area (Å²) in [6.45, 7) is 1.89. The first kappa shape index (κ1) is 7.17. The molecule has 4 heteroatoms. The summed E-state index contributed by atoms with van der Waals surface area (Å²) in [5, 5.41) is 8.53. The van der Waals surface area contributed by atoms with Crippen LogP contribution in [0.2, 0.25) is 0 Å². The van der Waals surface area contributed by atoms with Gasteiger partial charge in [-0.15, -0.1) is 0 Å². The highest BCUT2D eigenvalue weighted by Crippen LogP contribution is 2.20. The van der Waals surface area contributed by atoms with Crippen molar-refractivity contribution in [1.82, 2.24) is 0 Å². The summed E-state index contributed by atoms with van der Waals surface area (Å²) in [6, 6.07) is 0. The average molecular weight is 137 g/mol. The smallest absolute Gasteiger partial charge is 0.233 e. The Balaban J connectivity index is 2.82. The fourth-order valence-electron chi connectivity index (χ4n) is 0.107.